The molecule has 1 amide bonds. The number of furan rings is 1. The van der Waals surface area contributed by atoms with E-state index in [1.165, 1.54) is 0 Å². The second-order valence-corrected chi connectivity index (χ2v) is 4.18. The first kappa shape index (κ1) is 15.1. The van der Waals surface area contributed by atoms with Gasteiger partial charge in [-0.25, -0.2) is 0 Å². The minimum Gasteiger partial charge on any atom is -0.456 e. The second kappa shape index (κ2) is 8.16. The molecule has 0 atom stereocenters. The first-order chi connectivity index (χ1) is 8.72. The number of ether oxygens (including phenoxy) is 1. The maximum Gasteiger partial charge on any atom is 0.289 e. The SMILES string of the molecule is CCc1ccc(C(=O)N(CC)CCOCCCl)o1. The van der Waals surface area contributed by atoms with Gasteiger partial charge < -0.3 is 14.1 Å². The Kier molecular flexibility index (Phi) is 6.83. The van der Waals surface area contributed by atoms with E-state index in [0.29, 0.717) is 37.9 Å². The fourth-order valence-electron chi connectivity index (χ4n) is 1.57. The number of carbonyl (C=O) groups is 1. The summed E-state index contributed by atoms with van der Waals surface area (Å²) >= 11 is 5.51. The standard InChI is InChI=1S/C13H20ClNO3/c1-3-11-5-6-12(18-11)13(16)15(4-2)8-10-17-9-7-14/h5-6H,3-4,7-10H2,1-2H3. The maximum absolute atomic E-state index is 12.1. The molecule has 18 heavy (non-hydrogen) atoms. The number of aryl methyl sites for hydroxylation is 1. The van der Waals surface area contributed by atoms with Crippen molar-refractivity contribution in [3.05, 3.63) is 23.7 Å². The van der Waals surface area contributed by atoms with Crippen LogP contribution in [-0.2, 0) is 11.2 Å². The van der Waals surface area contributed by atoms with Crippen LogP contribution < -0.4 is 0 Å². The molecular weight excluding hydrogens is 254 g/mol. The number of nitrogens with zero attached hydrogens (tertiary/aromatic N) is 1. The maximum atomic E-state index is 12.1. The molecule has 0 saturated carbocycles. The van der Waals surface area contributed by atoms with Crippen molar-refractivity contribution in [3.63, 3.8) is 0 Å². The van der Waals surface area contributed by atoms with Crippen molar-refractivity contribution in [2.45, 2.75) is 20.3 Å². The molecule has 0 aliphatic carbocycles. The Morgan fingerprint density at radius 2 is 2.17 bits per heavy atom. The van der Waals surface area contributed by atoms with Gasteiger partial charge in [-0.3, -0.25) is 4.79 Å². The molecule has 102 valence electrons. The van der Waals surface area contributed by atoms with Crippen LogP contribution in [0.5, 0.6) is 0 Å². The van der Waals surface area contributed by atoms with Gasteiger partial charge in [0, 0.05) is 25.4 Å². The minimum absolute atomic E-state index is 0.0910. The van der Waals surface area contributed by atoms with Crippen LogP contribution in [0.4, 0.5) is 0 Å². The number of alkyl halides is 1. The van der Waals surface area contributed by atoms with Crippen LogP contribution in [0.3, 0.4) is 0 Å². The summed E-state index contributed by atoms with van der Waals surface area (Å²) in [7, 11) is 0. The van der Waals surface area contributed by atoms with Crippen LogP contribution >= 0.6 is 11.6 Å². The van der Waals surface area contributed by atoms with E-state index >= 15 is 0 Å². The smallest absolute Gasteiger partial charge is 0.289 e. The highest BCUT2D eigenvalue weighted by Crippen LogP contribution is 2.11. The molecule has 0 fully saturated rings. The third-order valence-electron chi connectivity index (χ3n) is 2.62. The Balaban J connectivity index is 2.50. The number of likely N-dealkylation sites (N-methyl/N-ethyl adjacent to an activating group) is 1. The number of hydrogen-bond acceptors (Lipinski definition) is 3. The van der Waals surface area contributed by atoms with E-state index in [9.17, 15) is 4.79 Å². The average molecular weight is 274 g/mol. The van der Waals surface area contributed by atoms with Crippen LogP contribution in [0.2, 0.25) is 0 Å². The van der Waals surface area contributed by atoms with Crippen LogP contribution in [0.25, 0.3) is 0 Å². The molecule has 0 aliphatic heterocycles. The Morgan fingerprint density at radius 1 is 1.39 bits per heavy atom. The van der Waals surface area contributed by atoms with Crippen LogP contribution in [-0.4, -0.2) is 43.0 Å². The zero-order valence-corrected chi connectivity index (χ0v) is 11.7. The molecule has 0 radical (unpaired) electrons. The second-order valence-electron chi connectivity index (χ2n) is 3.81. The summed E-state index contributed by atoms with van der Waals surface area (Å²) in [5.41, 5.74) is 0. The third-order valence-corrected chi connectivity index (χ3v) is 2.77. The molecule has 1 heterocycles. The van der Waals surface area contributed by atoms with Gasteiger partial charge in [-0.2, -0.15) is 0 Å². The fourth-order valence-corrected chi connectivity index (χ4v) is 1.68. The van der Waals surface area contributed by atoms with Gasteiger partial charge in [-0.1, -0.05) is 6.92 Å². The summed E-state index contributed by atoms with van der Waals surface area (Å²) in [6.45, 7) is 6.11. The van der Waals surface area contributed by atoms with Crippen molar-refractivity contribution in [2.75, 3.05) is 32.2 Å². The number of hydrogen-bond donors (Lipinski definition) is 0. The average Bonchev–Trinajstić information content (AvgIpc) is 2.87. The van der Waals surface area contributed by atoms with Gasteiger partial charge in [0.05, 0.1) is 13.2 Å². The van der Waals surface area contributed by atoms with E-state index in [0.717, 1.165) is 12.2 Å². The molecule has 0 saturated heterocycles. The van der Waals surface area contributed by atoms with Crippen molar-refractivity contribution in [1.29, 1.82) is 0 Å². The molecule has 0 bridgehead atoms. The van der Waals surface area contributed by atoms with Crippen LogP contribution in [0, 0.1) is 0 Å². The van der Waals surface area contributed by atoms with Crippen molar-refractivity contribution in [3.8, 4) is 0 Å². The lowest BCUT2D eigenvalue weighted by molar-refractivity contribution is 0.0640. The molecule has 1 aromatic heterocycles. The topological polar surface area (TPSA) is 42.7 Å². The van der Waals surface area contributed by atoms with E-state index in [1.54, 1.807) is 11.0 Å². The molecule has 5 heteroatoms. The summed E-state index contributed by atoms with van der Waals surface area (Å²) in [4.78, 5) is 13.8. The van der Waals surface area contributed by atoms with E-state index in [-0.39, 0.29) is 5.91 Å². The van der Waals surface area contributed by atoms with Crippen LogP contribution in [0.15, 0.2) is 16.5 Å². The van der Waals surface area contributed by atoms with E-state index in [2.05, 4.69) is 0 Å². The molecule has 4 nitrogen and oxygen atoms in total. The molecule has 1 aromatic rings. The quantitative estimate of drug-likeness (QED) is 0.540. The Hall–Kier alpha value is -1.00. The van der Waals surface area contributed by atoms with E-state index in [4.69, 9.17) is 20.8 Å². The Bertz CT molecular complexity index is 365. The van der Waals surface area contributed by atoms with Gasteiger partial charge in [0.25, 0.3) is 5.91 Å². The normalized spacial score (nSPS) is 10.6. The van der Waals surface area contributed by atoms with Gasteiger partial charge in [0.1, 0.15) is 5.76 Å². The monoisotopic (exact) mass is 273 g/mol. The van der Waals surface area contributed by atoms with E-state index in [1.807, 2.05) is 19.9 Å². The zero-order valence-electron chi connectivity index (χ0n) is 10.9. The Labute approximate surface area is 113 Å². The van der Waals surface area contributed by atoms with Gasteiger partial charge in [-0.05, 0) is 19.1 Å². The molecule has 1 rings (SSSR count). The highest BCUT2D eigenvalue weighted by Gasteiger charge is 2.17. The lowest BCUT2D eigenvalue weighted by Crippen LogP contribution is -2.33. The van der Waals surface area contributed by atoms with Gasteiger partial charge in [0.15, 0.2) is 5.76 Å². The number of rotatable bonds is 8. The number of halogens is 1. The number of amides is 1. The van der Waals surface area contributed by atoms with E-state index < -0.39 is 0 Å². The zero-order chi connectivity index (χ0) is 13.4. The van der Waals surface area contributed by atoms with Crippen LogP contribution in [0.1, 0.15) is 30.2 Å². The fraction of sp³-hybridized carbons (Fsp3) is 0.615. The van der Waals surface area contributed by atoms with Gasteiger partial charge in [0.2, 0.25) is 0 Å². The molecule has 0 unspecified atom stereocenters. The predicted molar refractivity (Wildman–Crippen MR) is 71.2 cm³/mol. The minimum atomic E-state index is -0.0910. The number of carbonyl (C=O) groups excluding carboxylic acids is 1. The first-order valence-electron chi connectivity index (χ1n) is 6.24. The summed E-state index contributed by atoms with van der Waals surface area (Å²) in [5.74, 6) is 1.60. The summed E-state index contributed by atoms with van der Waals surface area (Å²) in [6.07, 6.45) is 0.790. The molecule has 0 N–H and O–H groups in total. The summed E-state index contributed by atoms with van der Waals surface area (Å²) in [6, 6.07) is 3.56. The first-order valence-corrected chi connectivity index (χ1v) is 6.78. The molecule has 0 aliphatic rings. The van der Waals surface area contributed by atoms with Gasteiger partial charge >= 0.3 is 0 Å². The lowest BCUT2D eigenvalue weighted by atomic mass is 10.3. The molecule has 0 aromatic carbocycles. The Morgan fingerprint density at radius 3 is 2.72 bits per heavy atom. The molecule has 0 spiro atoms. The predicted octanol–water partition coefficient (Wildman–Crippen LogP) is 2.56. The van der Waals surface area contributed by atoms with Crippen molar-refractivity contribution in [1.82, 2.24) is 4.90 Å². The summed E-state index contributed by atoms with van der Waals surface area (Å²) < 4.78 is 10.7. The molecular formula is C13H20ClNO3. The summed E-state index contributed by atoms with van der Waals surface area (Å²) in [5, 5.41) is 0. The lowest BCUT2D eigenvalue weighted by Gasteiger charge is -2.19. The highest BCUT2D eigenvalue weighted by molar-refractivity contribution is 6.17. The third kappa shape index (κ3) is 4.35. The van der Waals surface area contributed by atoms with Crippen molar-refractivity contribution < 1.29 is 13.9 Å². The highest BCUT2D eigenvalue weighted by atomic mass is 35.5. The van der Waals surface area contributed by atoms with Crippen molar-refractivity contribution in [2.24, 2.45) is 0 Å². The van der Waals surface area contributed by atoms with Gasteiger partial charge in [-0.15, -0.1) is 11.6 Å². The largest absolute Gasteiger partial charge is 0.456 e. The van der Waals surface area contributed by atoms with Crippen molar-refractivity contribution >= 4 is 17.5 Å².